The van der Waals surface area contributed by atoms with Gasteiger partial charge in [-0.15, -0.1) is 0 Å². The zero-order chi connectivity index (χ0) is 8.27. The van der Waals surface area contributed by atoms with Crippen molar-refractivity contribution in [2.75, 3.05) is 6.54 Å². The summed E-state index contributed by atoms with van der Waals surface area (Å²) in [6.45, 7) is 5.65. The summed E-state index contributed by atoms with van der Waals surface area (Å²) in [5, 5.41) is 3.33. The second kappa shape index (κ2) is 4.07. The van der Waals surface area contributed by atoms with E-state index in [2.05, 4.69) is 19.2 Å². The average Bonchev–Trinajstić information content (AvgIpc) is 2.04. The summed E-state index contributed by atoms with van der Waals surface area (Å²) < 4.78 is 0. The van der Waals surface area contributed by atoms with Crippen LogP contribution < -0.4 is 11.1 Å². The Balaban J connectivity index is 2.40. The molecule has 0 radical (unpaired) electrons. The van der Waals surface area contributed by atoms with Gasteiger partial charge in [0.25, 0.3) is 0 Å². The highest BCUT2D eigenvalue weighted by Crippen LogP contribution is 2.24. The Morgan fingerprint density at radius 2 is 2.36 bits per heavy atom. The molecule has 2 heteroatoms. The van der Waals surface area contributed by atoms with Gasteiger partial charge in [-0.1, -0.05) is 20.3 Å². The lowest BCUT2D eigenvalue weighted by molar-refractivity contribution is 0.207. The van der Waals surface area contributed by atoms with E-state index < -0.39 is 0 Å². The molecule has 0 amide bonds. The molecule has 0 aromatic carbocycles. The number of hydrogen-bond acceptors (Lipinski definition) is 2. The second-order valence-corrected chi connectivity index (χ2v) is 3.67. The predicted molar refractivity (Wildman–Crippen MR) is 48.2 cm³/mol. The van der Waals surface area contributed by atoms with E-state index in [0.29, 0.717) is 5.92 Å². The van der Waals surface area contributed by atoms with Crippen molar-refractivity contribution in [2.45, 2.75) is 39.3 Å². The molecule has 0 spiro atoms. The van der Waals surface area contributed by atoms with Crippen LogP contribution in [0.2, 0.25) is 0 Å². The molecule has 0 saturated carbocycles. The van der Waals surface area contributed by atoms with Gasteiger partial charge in [-0.25, -0.2) is 0 Å². The van der Waals surface area contributed by atoms with Gasteiger partial charge >= 0.3 is 0 Å². The third kappa shape index (κ3) is 2.17. The minimum absolute atomic E-state index is 0.249. The molecule has 1 fully saturated rings. The minimum Gasteiger partial charge on any atom is -0.316 e. The van der Waals surface area contributed by atoms with Crippen molar-refractivity contribution in [3.63, 3.8) is 0 Å². The van der Waals surface area contributed by atoms with Crippen molar-refractivity contribution in [1.29, 1.82) is 0 Å². The Kier molecular flexibility index (Phi) is 3.34. The Bertz CT molecular complexity index is 110. The molecule has 1 aliphatic heterocycles. The zero-order valence-electron chi connectivity index (χ0n) is 7.64. The van der Waals surface area contributed by atoms with Crippen molar-refractivity contribution < 1.29 is 0 Å². The lowest BCUT2D eigenvalue weighted by Gasteiger charge is -2.33. The van der Waals surface area contributed by atoms with E-state index in [1.54, 1.807) is 0 Å². The fourth-order valence-corrected chi connectivity index (χ4v) is 1.88. The molecule has 3 unspecified atom stereocenters. The van der Waals surface area contributed by atoms with Crippen LogP contribution in [0.4, 0.5) is 0 Å². The summed E-state index contributed by atoms with van der Waals surface area (Å²) in [6.07, 6.45) is 4.10. The Labute approximate surface area is 69.5 Å². The van der Waals surface area contributed by atoms with Crippen LogP contribution in [0.1, 0.15) is 33.1 Å². The third-order valence-corrected chi connectivity index (χ3v) is 2.93. The summed E-state index contributed by atoms with van der Waals surface area (Å²) in [5.74, 6) is 1.48. The Morgan fingerprint density at radius 1 is 1.64 bits per heavy atom. The number of piperidine rings is 1. The molecular formula is C9H20N2. The van der Waals surface area contributed by atoms with Gasteiger partial charge in [-0.05, 0) is 31.2 Å². The predicted octanol–water partition coefficient (Wildman–Crippen LogP) is 1.32. The fourth-order valence-electron chi connectivity index (χ4n) is 1.88. The van der Waals surface area contributed by atoms with E-state index in [1.807, 2.05) is 0 Å². The molecule has 0 bridgehead atoms. The fraction of sp³-hybridized carbons (Fsp3) is 1.00. The maximum atomic E-state index is 5.94. The lowest BCUT2D eigenvalue weighted by atomic mass is 9.83. The first kappa shape index (κ1) is 9.01. The standard InChI is InChI=1S/C9H20N2/c1-3-7(2)8-5-4-6-11-9(8)10/h7-9,11H,3-6,10H2,1-2H3. The summed E-state index contributed by atoms with van der Waals surface area (Å²) in [4.78, 5) is 0. The van der Waals surface area contributed by atoms with Crippen molar-refractivity contribution >= 4 is 0 Å². The molecule has 1 aliphatic rings. The highest BCUT2D eigenvalue weighted by atomic mass is 15.0. The number of rotatable bonds is 2. The molecular weight excluding hydrogens is 136 g/mol. The average molecular weight is 156 g/mol. The summed E-state index contributed by atoms with van der Waals surface area (Å²) >= 11 is 0. The van der Waals surface area contributed by atoms with Gasteiger partial charge in [0.2, 0.25) is 0 Å². The van der Waals surface area contributed by atoms with Gasteiger partial charge in [-0.2, -0.15) is 0 Å². The quantitative estimate of drug-likeness (QED) is 0.632. The summed E-state index contributed by atoms with van der Waals surface area (Å²) in [7, 11) is 0. The van der Waals surface area contributed by atoms with Crippen molar-refractivity contribution in [1.82, 2.24) is 5.32 Å². The molecule has 0 aromatic heterocycles. The molecule has 0 aliphatic carbocycles. The highest BCUT2D eigenvalue weighted by molar-refractivity contribution is 4.79. The first-order chi connectivity index (χ1) is 5.25. The van der Waals surface area contributed by atoms with Gasteiger partial charge in [0.15, 0.2) is 0 Å². The minimum atomic E-state index is 0.249. The van der Waals surface area contributed by atoms with Crippen LogP contribution in [-0.4, -0.2) is 12.7 Å². The topological polar surface area (TPSA) is 38.0 Å². The first-order valence-corrected chi connectivity index (χ1v) is 4.74. The monoisotopic (exact) mass is 156 g/mol. The van der Waals surface area contributed by atoms with E-state index in [1.165, 1.54) is 19.3 Å². The van der Waals surface area contributed by atoms with E-state index >= 15 is 0 Å². The van der Waals surface area contributed by atoms with Crippen LogP contribution >= 0.6 is 0 Å². The van der Waals surface area contributed by atoms with Crippen LogP contribution in [0, 0.1) is 11.8 Å². The van der Waals surface area contributed by atoms with Crippen molar-refractivity contribution in [3.05, 3.63) is 0 Å². The van der Waals surface area contributed by atoms with Gasteiger partial charge in [0, 0.05) is 0 Å². The molecule has 66 valence electrons. The van der Waals surface area contributed by atoms with Crippen LogP contribution in [0.15, 0.2) is 0 Å². The van der Waals surface area contributed by atoms with E-state index in [0.717, 1.165) is 12.5 Å². The van der Waals surface area contributed by atoms with Crippen LogP contribution in [0.25, 0.3) is 0 Å². The smallest absolute Gasteiger partial charge is 0.0577 e. The molecule has 1 heterocycles. The summed E-state index contributed by atoms with van der Waals surface area (Å²) in [5.41, 5.74) is 5.94. The summed E-state index contributed by atoms with van der Waals surface area (Å²) in [6, 6.07) is 0. The van der Waals surface area contributed by atoms with Gasteiger partial charge in [-0.3, -0.25) is 0 Å². The molecule has 3 atom stereocenters. The van der Waals surface area contributed by atoms with Gasteiger partial charge < -0.3 is 11.1 Å². The maximum absolute atomic E-state index is 5.94. The van der Waals surface area contributed by atoms with Gasteiger partial charge in [0.05, 0.1) is 6.17 Å². The van der Waals surface area contributed by atoms with Crippen LogP contribution in [-0.2, 0) is 0 Å². The van der Waals surface area contributed by atoms with Crippen LogP contribution in [0.5, 0.6) is 0 Å². The van der Waals surface area contributed by atoms with Crippen LogP contribution in [0.3, 0.4) is 0 Å². The number of nitrogens with one attached hydrogen (secondary N) is 1. The number of nitrogens with two attached hydrogens (primary N) is 1. The van der Waals surface area contributed by atoms with E-state index in [9.17, 15) is 0 Å². The molecule has 1 saturated heterocycles. The number of hydrogen-bond donors (Lipinski definition) is 2. The molecule has 1 rings (SSSR count). The highest BCUT2D eigenvalue weighted by Gasteiger charge is 2.25. The molecule has 0 aromatic rings. The molecule has 2 nitrogen and oxygen atoms in total. The van der Waals surface area contributed by atoms with E-state index in [-0.39, 0.29) is 6.17 Å². The molecule has 11 heavy (non-hydrogen) atoms. The maximum Gasteiger partial charge on any atom is 0.0577 e. The Hall–Kier alpha value is -0.0800. The first-order valence-electron chi connectivity index (χ1n) is 4.74. The van der Waals surface area contributed by atoms with Crippen molar-refractivity contribution in [3.8, 4) is 0 Å². The van der Waals surface area contributed by atoms with E-state index in [4.69, 9.17) is 5.73 Å². The largest absolute Gasteiger partial charge is 0.316 e. The lowest BCUT2D eigenvalue weighted by Crippen LogP contribution is -2.49. The normalized spacial score (nSPS) is 35.2. The second-order valence-electron chi connectivity index (χ2n) is 3.67. The molecule has 3 N–H and O–H groups in total. The zero-order valence-corrected chi connectivity index (χ0v) is 7.64. The van der Waals surface area contributed by atoms with Gasteiger partial charge in [0.1, 0.15) is 0 Å². The SMILES string of the molecule is CCC(C)C1CCCNC1N. The third-order valence-electron chi connectivity index (χ3n) is 2.93. The Morgan fingerprint density at radius 3 is 2.91 bits per heavy atom. The van der Waals surface area contributed by atoms with Crippen molar-refractivity contribution in [2.24, 2.45) is 17.6 Å².